The summed E-state index contributed by atoms with van der Waals surface area (Å²) in [7, 11) is 1.60. The molecular formula is C17H22N4O3S. The predicted octanol–water partition coefficient (Wildman–Crippen LogP) is 2.90. The average molecular weight is 362 g/mol. The van der Waals surface area contributed by atoms with E-state index in [0.29, 0.717) is 36.9 Å². The first-order valence-corrected chi connectivity index (χ1v) is 9.10. The summed E-state index contributed by atoms with van der Waals surface area (Å²) in [6.45, 7) is 5.35. The molecule has 0 radical (unpaired) electrons. The van der Waals surface area contributed by atoms with Gasteiger partial charge in [0.15, 0.2) is 16.6 Å². The van der Waals surface area contributed by atoms with Crippen molar-refractivity contribution in [1.29, 1.82) is 0 Å². The Labute approximate surface area is 151 Å². The van der Waals surface area contributed by atoms with Crippen molar-refractivity contribution in [3.05, 3.63) is 29.8 Å². The van der Waals surface area contributed by atoms with E-state index < -0.39 is 0 Å². The molecule has 0 aliphatic carbocycles. The fourth-order valence-electron chi connectivity index (χ4n) is 2.70. The first-order chi connectivity index (χ1) is 12.2. The lowest BCUT2D eigenvalue weighted by atomic mass is 10.2. The molecule has 25 heavy (non-hydrogen) atoms. The van der Waals surface area contributed by atoms with Crippen LogP contribution in [-0.2, 0) is 0 Å². The molecule has 1 aromatic carbocycles. The maximum absolute atomic E-state index is 12.5. The van der Waals surface area contributed by atoms with Crippen molar-refractivity contribution in [2.45, 2.75) is 6.92 Å². The molecule has 2 heterocycles. The maximum atomic E-state index is 12.5. The number of rotatable bonds is 5. The van der Waals surface area contributed by atoms with Crippen LogP contribution < -0.4 is 19.7 Å². The molecule has 2 amide bonds. The third-order valence-corrected chi connectivity index (χ3v) is 4.80. The molecule has 8 heteroatoms. The summed E-state index contributed by atoms with van der Waals surface area (Å²) in [5.74, 6) is 1.27. The molecule has 0 saturated carbocycles. The highest BCUT2D eigenvalue weighted by atomic mass is 32.1. The van der Waals surface area contributed by atoms with E-state index in [2.05, 4.69) is 15.2 Å². The van der Waals surface area contributed by atoms with Gasteiger partial charge in [0.25, 0.3) is 0 Å². The molecule has 134 valence electrons. The number of hydrogen-bond acceptors (Lipinski definition) is 6. The molecule has 7 nitrogen and oxygen atoms in total. The standard InChI is InChI=1S/C17H22N4O3S/c1-3-24-15-12-13(4-5-14(15)23-2)19-16(22)20-7-9-21(10-8-20)17-18-6-11-25-17/h4-6,11-12H,3,7-10H2,1-2H3,(H,19,22). The number of nitrogens with zero attached hydrogens (tertiary/aromatic N) is 3. The summed E-state index contributed by atoms with van der Waals surface area (Å²) in [6.07, 6.45) is 1.80. The molecule has 1 aromatic heterocycles. The average Bonchev–Trinajstić information content (AvgIpc) is 3.17. The van der Waals surface area contributed by atoms with Crippen LogP contribution in [0.4, 0.5) is 15.6 Å². The predicted molar refractivity (Wildman–Crippen MR) is 99.1 cm³/mol. The number of ether oxygens (including phenoxy) is 2. The third-order valence-electron chi connectivity index (χ3n) is 3.97. The number of methoxy groups -OCH3 is 1. The van der Waals surface area contributed by atoms with E-state index in [0.717, 1.165) is 18.2 Å². The molecule has 1 aliphatic rings. The van der Waals surface area contributed by atoms with Gasteiger partial charge in [-0.1, -0.05) is 0 Å². The van der Waals surface area contributed by atoms with Crippen molar-refractivity contribution in [2.24, 2.45) is 0 Å². The minimum absolute atomic E-state index is 0.105. The van der Waals surface area contributed by atoms with Gasteiger partial charge in [0, 0.05) is 49.5 Å². The number of urea groups is 1. The Kier molecular flexibility index (Phi) is 5.60. The SMILES string of the molecule is CCOc1cc(NC(=O)N2CCN(c3nccs3)CC2)ccc1OC. The molecule has 1 saturated heterocycles. The Morgan fingerprint density at radius 1 is 1.28 bits per heavy atom. The number of piperazine rings is 1. The van der Waals surface area contributed by atoms with E-state index in [1.165, 1.54) is 0 Å². The molecule has 1 N–H and O–H groups in total. The van der Waals surface area contributed by atoms with Crippen LogP contribution in [0.1, 0.15) is 6.92 Å². The van der Waals surface area contributed by atoms with Crippen molar-refractivity contribution in [3.63, 3.8) is 0 Å². The fourth-order valence-corrected chi connectivity index (χ4v) is 3.40. The summed E-state index contributed by atoms with van der Waals surface area (Å²) in [4.78, 5) is 20.8. The number of benzene rings is 1. The van der Waals surface area contributed by atoms with Gasteiger partial charge in [-0.15, -0.1) is 11.3 Å². The van der Waals surface area contributed by atoms with Crippen molar-refractivity contribution in [3.8, 4) is 11.5 Å². The van der Waals surface area contributed by atoms with E-state index in [-0.39, 0.29) is 6.03 Å². The zero-order chi connectivity index (χ0) is 17.6. The molecule has 2 aromatic rings. The second kappa shape index (κ2) is 8.06. The minimum Gasteiger partial charge on any atom is -0.493 e. The van der Waals surface area contributed by atoms with Crippen LogP contribution in [0.15, 0.2) is 29.8 Å². The zero-order valence-corrected chi connectivity index (χ0v) is 15.2. The smallest absolute Gasteiger partial charge is 0.321 e. The normalized spacial score (nSPS) is 14.3. The molecule has 0 bridgehead atoms. The van der Waals surface area contributed by atoms with Crippen LogP contribution in [0.25, 0.3) is 0 Å². The van der Waals surface area contributed by atoms with Crippen molar-refractivity contribution in [2.75, 3.05) is 50.1 Å². The van der Waals surface area contributed by atoms with E-state index in [9.17, 15) is 4.79 Å². The Hall–Kier alpha value is -2.48. The van der Waals surface area contributed by atoms with Gasteiger partial charge in [0.05, 0.1) is 13.7 Å². The van der Waals surface area contributed by atoms with Crippen molar-refractivity contribution >= 4 is 28.2 Å². The van der Waals surface area contributed by atoms with Gasteiger partial charge in [-0.3, -0.25) is 0 Å². The summed E-state index contributed by atoms with van der Waals surface area (Å²) >= 11 is 1.62. The first kappa shape index (κ1) is 17.3. The summed E-state index contributed by atoms with van der Waals surface area (Å²) in [6, 6.07) is 5.28. The Bertz CT molecular complexity index is 700. The number of anilines is 2. The lowest BCUT2D eigenvalue weighted by molar-refractivity contribution is 0.208. The Morgan fingerprint density at radius 3 is 2.72 bits per heavy atom. The monoisotopic (exact) mass is 362 g/mol. The van der Waals surface area contributed by atoms with Gasteiger partial charge in [-0.25, -0.2) is 9.78 Å². The van der Waals surface area contributed by atoms with Crippen LogP contribution in [0, 0.1) is 0 Å². The molecule has 1 aliphatic heterocycles. The molecule has 0 spiro atoms. The van der Waals surface area contributed by atoms with Crippen LogP contribution in [-0.4, -0.2) is 55.8 Å². The van der Waals surface area contributed by atoms with E-state index in [1.807, 2.05) is 23.3 Å². The second-order valence-electron chi connectivity index (χ2n) is 5.52. The minimum atomic E-state index is -0.105. The number of hydrogen-bond donors (Lipinski definition) is 1. The molecule has 3 rings (SSSR count). The van der Waals surface area contributed by atoms with E-state index >= 15 is 0 Å². The van der Waals surface area contributed by atoms with E-state index in [4.69, 9.17) is 9.47 Å². The second-order valence-corrected chi connectivity index (χ2v) is 6.39. The number of aromatic nitrogens is 1. The van der Waals surface area contributed by atoms with Crippen molar-refractivity contribution in [1.82, 2.24) is 9.88 Å². The lowest BCUT2D eigenvalue weighted by Crippen LogP contribution is -2.50. The Balaban J connectivity index is 1.58. The number of carbonyl (C=O) groups excluding carboxylic acids is 1. The number of amides is 2. The highest BCUT2D eigenvalue weighted by molar-refractivity contribution is 7.13. The zero-order valence-electron chi connectivity index (χ0n) is 14.4. The van der Waals surface area contributed by atoms with E-state index in [1.54, 1.807) is 36.8 Å². The van der Waals surface area contributed by atoms with Gasteiger partial charge in [-0.05, 0) is 19.1 Å². The Morgan fingerprint density at radius 2 is 2.08 bits per heavy atom. The summed E-state index contributed by atoms with van der Waals surface area (Å²) in [5.41, 5.74) is 0.691. The van der Waals surface area contributed by atoms with Gasteiger partial charge >= 0.3 is 6.03 Å². The quantitative estimate of drug-likeness (QED) is 0.886. The lowest BCUT2D eigenvalue weighted by Gasteiger charge is -2.34. The van der Waals surface area contributed by atoms with Crippen LogP contribution >= 0.6 is 11.3 Å². The molecule has 0 unspecified atom stereocenters. The van der Waals surface area contributed by atoms with Gasteiger partial charge < -0.3 is 24.6 Å². The summed E-state index contributed by atoms with van der Waals surface area (Å²) < 4.78 is 10.8. The third kappa shape index (κ3) is 4.14. The highest BCUT2D eigenvalue weighted by Crippen LogP contribution is 2.30. The topological polar surface area (TPSA) is 66.9 Å². The largest absolute Gasteiger partial charge is 0.493 e. The fraction of sp³-hybridized carbons (Fsp3) is 0.412. The molecule has 1 fully saturated rings. The van der Waals surface area contributed by atoms with Crippen LogP contribution in [0.5, 0.6) is 11.5 Å². The number of nitrogens with one attached hydrogen (secondary N) is 1. The first-order valence-electron chi connectivity index (χ1n) is 8.22. The number of thiazole rings is 1. The van der Waals surface area contributed by atoms with Gasteiger partial charge in [0.2, 0.25) is 0 Å². The molecule has 0 atom stereocenters. The van der Waals surface area contributed by atoms with Crippen LogP contribution in [0.3, 0.4) is 0 Å². The highest BCUT2D eigenvalue weighted by Gasteiger charge is 2.22. The maximum Gasteiger partial charge on any atom is 0.321 e. The molecular weight excluding hydrogens is 340 g/mol. The number of carbonyl (C=O) groups is 1. The van der Waals surface area contributed by atoms with Crippen LogP contribution in [0.2, 0.25) is 0 Å². The summed E-state index contributed by atoms with van der Waals surface area (Å²) in [5, 5.41) is 5.91. The van der Waals surface area contributed by atoms with Gasteiger partial charge in [-0.2, -0.15) is 0 Å². The van der Waals surface area contributed by atoms with Gasteiger partial charge in [0.1, 0.15) is 0 Å². The van der Waals surface area contributed by atoms with Crippen molar-refractivity contribution < 1.29 is 14.3 Å².